The Morgan fingerprint density at radius 3 is 2.42 bits per heavy atom. The molecular weight excluding hydrogens is 659 g/mol. The van der Waals surface area contributed by atoms with Crippen molar-refractivity contribution in [2.75, 3.05) is 16.4 Å². The minimum atomic E-state index is -1.03. The third kappa shape index (κ3) is 9.24. The average molecular weight is 689 g/mol. The molecule has 4 aromatic carbocycles. The Morgan fingerprint density at radius 2 is 1.70 bits per heavy atom. The van der Waals surface area contributed by atoms with Crippen LogP contribution in [0.3, 0.4) is 0 Å². The molecule has 0 aromatic heterocycles. The maximum absolute atomic E-state index is 13.1. The number of benzene rings is 4. The molecule has 218 valence electrons. The number of nitrogens with two attached hydrogens (primary N) is 1. The zero-order chi connectivity index (χ0) is 30.6. The second-order valence-corrected chi connectivity index (χ2v) is 10.6. The van der Waals surface area contributed by atoms with Gasteiger partial charge in [0.1, 0.15) is 17.6 Å². The average Bonchev–Trinajstić information content (AvgIpc) is 3.01. The van der Waals surface area contributed by atoms with Gasteiger partial charge in [0.25, 0.3) is 0 Å². The second kappa shape index (κ2) is 15.3. The Hall–Kier alpha value is -5.02. The monoisotopic (exact) mass is 688 g/mol. The highest BCUT2D eigenvalue weighted by Gasteiger charge is 2.31. The first kappa shape index (κ1) is 30.9. The Labute approximate surface area is 263 Å². The largest absolute Gasteiger partial charge is 0.508 e. The normalized spacial score (nSPS) is 12.1. The van der Waals surface area contributed by atoms with Crippen molar-refractivity contribution in [2.24, 2.45) is 0 Å². The van der Waals surface area contributed by atoms with E-state index in [0.29, 0.717) is 46.8 Å². The highest BCUT2D eigenvalue weighted by atomic mass is 127. The molecule has 0 aliphatic rings. The van der Waals surface area contributed by atoms with Gasteiger partial charge in [-0.05, 0) is 108 Å². The number of phenols is 1. The van der Waals surface area contributed by atoms with Crippen LogP contribution in [0.25, 0.3) is 0 Å². The van der Waals surface area contributed by atoms with Gasteiger partial charge in [-0.15, -0.1) is 0 Å². The van der Waals surface area contributed by atoms with E-state index >= 15 is 0 Å². The zero-order valence-corrected chi connectivity index (χ0v) is 25.1. The summed E-state index contributed by atoms with van der Waals surface area (Å²) in [5.41, 5.74) is 8.13. The maximum atomic E-state index is 13.1. The summed E-state index contributed by atoms with van der Waals surface area (Å²) >= 11 is 2.12. The summed E-state index contributed by atoms with van der Waals surface area (Å²) in [5.74, 6) is 0.136. The van der Waals surface area contributed by atoms with Gasteiger partial charge in [-0.1, -0.05) is 36.4 Å². The molecule has 43 heavy (non-hydrogen) atoms. The smallest absolute Gasteiger partial charge is 0.412 e. The number of rotatable bonds is 11. The predicted octanol–water partition coefficient (Wildman–Crippen LogP) is 7.16. The zero-order valence-electron chi connectivity index (χ0n) is 22.9. The molecule has 0 bridgehead atoms. The minimum Gasteiger partial charge on any atom is -0.508 e. The molecule has 5 N–H and O–H groups in total. The van der Waals surface area contributed by atoms with Crippen molar-refractivity contribution in [3.8, 4) is 17.6 Å². The number of phenolic OH excluding ortho intramolecular Hbond substituents is 1. The summed E-state index contributed by atoms with van der Waals surface area (Å²) in [6.45, 7) is 0. The molecule has 2 atom stereocenters. The second-order valence-electron chi connectivity index (χ2n) is 9.37. The first-order chi connectivity index (χ1) is 20.8. The van der Waals surface area contributed by atoms with Gasteiger partial charge in [0, 0.05) is 14.8 Å². The lowest BCUT2D eigenvalue weighted by molar-refractivity contribution is -0.111. The van der Waals surface area contributed by atoms with E-state index in [2.05, 4.69) is 33.2 Å². The van der Waals surface area contributed by atoms with Crippen molar-refractivity contribution >= 4 is 51.7 Å². The van der Waals surface area contributed by atoms with Crippen molar-refractivity contribution in [3.63, 3.8) is 0 Å². The molecule has 9 nitrogen and oxygen atoms in total. The number of anilines is 3. The summed E-state index contributed by atoms with van der Waals surface area (Å²) in [5, 5.41) is 25.3. The van der Waals surface area contributed by atoms with Crippen LogP contribution < -0.4 is 21.1 Å². The van der Waals surface area contributed by atoms with Gasteiger partial charge in [-0.2, -0.15) is 5.26 Å². The van der Waals surface area contributed by atoms with Crippen LogP contribution in [0.2, 0.25) is 0 Å². The van der Waals surface area contributed by atoms with E-state index in [0.717, 1.165) is 3.57 Å². The van der Waals surface area contributed by atoms with E-state index in [4.69, 9.17) is 20.5 Å². The fourth-order valence-electron chi connectivity index (χ4n) is 4.17. The van der Waals surface area contributed by atoms with E-state index in [1.54, 1.807) is 78.9 Å². The van der Waals surface area contributed by atoms with Crippen LogP contribution in [0.15, 0.2) is 109 Å². The van der Waals surface area contributed by atoms with Gasteiger partial charge in [0.2, 0.25) is 5.91 Å². The number of ether oxygens (including phenoxy) is 2. The number of hydrogen-bond donors (Lipinski definition) is 4. The number of hydrogen-bond acceptors (Lipinski definition) is 7. The Kier molecular flexibility index (Phi) is 11.0. The Morgan fingerprint density at radius 1 is 0.977 bits per heavy atom. The molecule has 0 aliphatic carbocycles. The summed E-state index contributed by atoms with van der Waals surface area (Å²) < 4.78 is 13.1. The third-order valence-corrected chi connectivity index (χ3v) is 6.94. The lowest BCUT2D eigenvalue weighted by atomic mass is 9.99. The Balaban J connectivity index is 1.56. The fourth-order valence-corrected chi connectivity index (χ4v) is 4.68. The molecule has 0 saturated heterocycles. The number of nitrogens with zero attached hydrogens (tertiary/aromatic N) is 1. The quantitative estimate of drug-likeness (QED) is 0.0743. The highest BCUT2D eigenvalue weighted by Crippen LogP contribution is 2.35. The van der Waals surface area contributed by atoms with Gasteiger partial charge in [0.15, 0.2) is 6.10 Å². The third-order valence-electron chi connectivity index (χ3n) is 6.26. The van der Waals surface area contributed by atoms with Crippen molar-refractivity contribution in [3.05, 3.63) is 124 Å². The van der Waals surface area contributed by atoms with E-state index in [9.17, 15) is 14.7 Å². The molecule has 4 rings (SSSR count). The first-order valence-electron chi connectivity index (χ1n) is 13.3. The lowest BCUT2D eigenvalue weighted by Gasteiger charge is -2.28. The number of para-hydroxylation sites is 3. The van der Waals surface area contributed by atoms with Crippen LogP contribution in [0.1, 0.15) is 30.1 Å². The van der Waals surface area contributed by atoms with Crippen molar-refractivity contribution in [1.82, 2.24) is 0 Å². The number of allylic oxidation sites excluding steroid dienone is 1. The van der Waals surface area contributed by atoms with E-state index in [-0.39, 0.29) is 11.7 Å². The number of nitrogens with one attached hydrogen (secondary N) is 2. The Bertz CT molecular complexity index is 1620. The van der Waals surface area contributed by atoms with Gasteiger partial charge in [-0.25, -0.2) is 4.79 Å². The van der Waals surface area contributed by atoms with E-state index < -0.39 is 18.3 Å². The van der Waals surface area contributed by atoms with Gasteiger partial charge < -0.3 is 25.6 Å². The van der Waals surface area contributed by atoms with Crippen molar-refractivity contribution in [1.29, 1.82) is 5.26 Å². The molecule has 0 saturated carbocycles. The topological polar surface area (TPSA) is 147 Å². The maximum Gasteiger partial charge on any atom is 0.412 e. The molecule has 0 unspecified atom stereocenters. The molecule has 10 heteroatoms. The summed E-state index contributed by atoms with van der Waals surface area (Å²) in [7, 11) is 0. The number of aromatic hydroxyl groups is 1. The standard InChI is InChI=1S/C33H29IN4O5/c34-23-16-19-29(39)26(20-23)32(43-33(41)37-24-17-14-22(21-35)15-18-24)30(42-25-8-2-1-3-9-25)12-6-7-13-31(40)38-28-11-5-4-10-27(28)36/h1-5,7-11,13-20,30,32,39H,6,12,36H2,(H,37,41)(H,38,40)/b13-7+/t30-,32-/m0/s1. The molecule has 0 aliphatic heterocycles. The molecular formula is C33H29IN4O5. The van der Waals surface area contributed by atoms with E-state index in [1.807, 2.05) is 24.3 Å². The fraction of sp³-hybridized carbons (Fsp3) is 0.121. The summed E-state index contributed by atoms with van der Waals surface area (Å²) in [4.78, 5) is 25.6. The van der Waals surface area contributed by atoms with Gasteiger partial charge >= 0.3 is 6.09 Å². The molecule has 4 aromatic rings. The number of carbonyl (C=O) groups excluding carboxylic acids is 2. The lowest BCUT2D eigenvalue weighted by Crippen LogP contribution is -2.31. The number of nitrogen functional groups attached to an aromatic ring is 1. The van der Waals surface area contributed by atoms with Crippen LogP contribution in [0, 0.1) is 14.9 Å². The van der Waals surface area contributed by atoms with Crippen LogP contribution in [0.4, 0.5) is 21.9 Å². The predicted molar refractivity (Wildman–Crippen MR) is 174 cm³/mol. The number of nitriles is 1. The van der Waals surface area contributed by atoms with Crippen molar-refractivity contribution in [2.45, 2.75) is 25.0 Å². The number of amides is 2. The van der Waals surface area contributed by atoms with Crippen molar-refractivity contribution < 1.29 is 24.2 Å². The molecule has 0 spiro atoms. The van der Waals surface area contributed by atoms with Crippen LogP contribution in [-0.4, -0.2) is 23.2 Å². The first-order valence-corrected chi connectivity index (χ1v) is 14.4. The number of carbonyl (C=O) groups is 2. The van der Waals surface area contributed by atoms with Gasteiger partial charge in [0.05, 0.1) is 23.0 Å². The molecule has 0 radical (unpaired) electrons. The van der Waals surface area contributed by atoms with E-state index in [1.165, 1.54) is 12.1 Å². The highest BCUT2D eigenvalue weighted by molar-refractivity contribution is 14.1. The van der Waals surface area contributed by atoms with Gasteiger partial charge in [-0.3, -0.25) is 10.1 Å². The van der Waals surface area contributed by atoms with Crippen LogP contribution in [-0.2, 0) is 9.53 Å². The minimum absolute atomic E-state index is 0.0615. The molecule has 2 amide bonds. The summed E-state index contributed by atoms with van der Waals surface area (Å²) in [6, 6.07) is 29.4. The SMILES string of the molecule is N#Cc1ccc(NC(=O)O[C@@H](c2cc(I)ccc2O)[C@H](CC/C=C/C(=O)Nc2ccccc2N)Oc2ccccc2)cc1. The van der Waals surface area contributed by atoms with Crippen LogP contribution >= 0.6 is 22.6 Å². The number of halogens is 1. The molecule has 0 fully saturated rings. The van der Waals surface area contributed by atoms with Crippen LogP contribution in [0.5, 0.6) is 11.5 Å². The molecule has 0 heterocycles. The summed E-state index contributed by atoms with van der Waals surface area (Å²) in [6.07, 6.45) is 1.25.